The van der Waals surface area contributed by atoms with Gasteiger partial charge < -0.3 is 40.9 Å². The maximum absolute atomic E-state index is 13.9. The van der Waals surface area contributed by atoms with Gasteiger partial charge in [0.1, 0.15) is 18.2 Å². The standard InChI is InChI=1S/C33H37N5O7/c1-33(31(41)36-19-28(34)39,17-21-10-5-4-6-11-21)38-30(40)26(16-23-18-35-25-14-8-7-13-24(23)25)37-32(42)45-20-22-12-9-15-27(43-2)29(22)44-3/h4-15,18,26,35H,16-17,19-20H2,1-3H3,(H2,34,39)(H,36,41)(H,37,42)(H,38,40). The zero-order valence-electron chi connectivity index (χ0n) is 25.3. The Balaban J connectivity index is 1.59. The lowest BCUT2D eigenvalue weighted by atomic mass is 9.90. The molecule has 0 fully saturated rings. The molecule has 4 aromatic rings. The molecule has 0 aliphatic carbocycles. The number of nitrogens with two attached hydrogens (primary N) is 1. The Kier molecular flexibility index (Phi) is 10.6. The number of ether oxygens (including phenoxy) is 3. The van der Waals surface area contributed by atoms with Gasteiger partial charge in [-0.25, -0.2) is 4.79 Å². The number of hydrogen-bond donors (Lipinski definition) is 5. The summed E-state index contributed by atoms with van der Waals surface area (Å²) in [5.41, 5.74) is 6.69. The number of aromatic amines is 1. The summed E-state index contributed by atoms with van der Waals surface area (Å²) < 4.78 is 16.2. The topological polar surface area (TPSA) is 174 Å². The number of amides is 4. The number of methoxy groups -OCH3 is 2. The zero-order chi connectivity index (χ0) is 32.4. The number of aromatic nitrogens is 1. The van der Waals surface area contributed by atoms with Crippen molar-refractivity contribution < 1.29 is 33.4 Å². The molecule has 12 nitrogen and oxygen atoms in total. The molecule has 6 N–H and O–H groups in total. The average molecular weight is 616 g/mol. The summed E-state index contributed by atoms with van der Waals surface area (Å²) in [4.78, 5) is 55.0. The van der Waals surface area contributed by atoms with Crippen LogP contribution in [0.2, 0.25) is 0 Å². The normalized spacial score (nSPS) is 12.8. The monoisotopic (exact) mass is 615 g/mol. The van der Waals surface area contributed by atoms with Gasteiger partial charge in [0.05, 0.1) is 20.8 Å². The SMILES string of the molecule is COc1cccc(COC(=O)NC(Cc2c[nH]c3ccccc23)C(=O)NC(C)(Cc2ccccc2)C(=O)NCC(N)=O)c1OC. The van der Waals surface area contributed by atoms with Gasteiger partial charge in [0, 0.05) is 35.5 Å². The Bertz CT molecular complexity index is 1660. The molecule has 2 atom stereocenters. The number of H-pyrrole nitrogens is 1. The van der Waals surface area contributed by atoms with E-state index < -0.39 is 41.9 Å². The number of hydrogen-bond acceptors (Lipinski definition) is 7. The minimum absolute atomic E-state index is 0.0811. The Morgan fingerprint density at radius 2 is 1.64 bits per heavy atom. The number of nitrogens with one attached hydrogen (secondary N) is 4. The van der Waals surface area contributed by atoms with Crippen LogP contribution in [0.5, 0.6) is 11.5 Å². The highest BCUT2D eigenvalue weighted by atomic mass is 16.6. The van der Waals surface area contributed by atoms with E-state index in [0.717, 1.165) is 22.0 Å². The van der Waals surface area contributed by atoms with Crippen molar-refractivity contribution in [2.24, 2.45) is 5.73 Å². The second kappa shape index (κ2) is 14.8. The van der Waals surface area contributed by atoms with Crippen molar-refractivity contribution in [2.45, 2.75) is 38.0 Å². The van der Waals surface area contributed by atoms with Gasteiger partial charge in [0.15, 0.2) is 11.5 Å². The molecule has 3 aromatic carbocycles. The highest BCUT2D eigenvalue weighted by Crippen LogP contribution is 2.31. The lowest BCUT2D eigenvalue weighted by Gasteiger charge is -2.31. The number of rotatable bonds is 14. The highest BCUT2D eigenvalue weighted by Gasteiger charge is 2.38. The van der Waals surface area contributed by atoms with Crippen LogP contribution in [-0.2, 0) is 38.6 Å². The Morgan fingerprint density at radius 1 is 0.911 bits per heavy atom. The maximum Gasteiger partial charge on any atom is 0.408 e. The van der Waals surface area contributed by atoms with Gasteiger partial charge >= 0.3 is 6.09 Å². The third kappa shape index (κ3) is 8.31. The number of para-hydroxylation sites is 2. The first-order chi connectivity index (χ1) is 21.6. The molecule has 0 spiro atoms. The van der Waals surface area contributed by atoms with E-state index >= 15 is 0 Å². The number of primary amides is 1. The minimum atomic E-state index is -1.51. The van der Waals surface area contributed by atoms with Crippen LogP contribution in [0.3, 0.4) is 0 Å². The summed E-state index contributed by atoms with van der Waals surface area (Å²) in [5.74, 6) is -1.09. The molecule has 4 rings (SSSR count). The molecule has 2 unspecified atom stereocenters. The molecule has 4 amide bonds. The van der Waals surface area contributed by atoms with Crippen molar-refractivity contribution in [1.82, 2.24) is 20.9 Å². The third-order valence-electron chi connectivity index (χ3n) is 7.27. The second-order valence-electron chi connectivity index (χ2n) is 10.6. The summed E-state index contributed by atoms with van der Waals surface area (Å²) in [7, 11) is 2.98. The fourth-order valence-electron chi connectivity index (χ4n) is 5.03. The first-order valence-corrected chi connectivity index (χ1v) is 14.2. The van der Waals surface area contributed by atoms with Gasteiger partial charge in [-0.3, -0.25) is 14.4 Å². The highest BCUT2D eigenvalue weighted by molar-refractivity contribution is 5.96. The summed E-state index contributed by atoms with van der Waals surface area (Å²) in [6.07, 6.45) is 1.09. The molecule has 0 radical (unpaired) electrons. The number of carbonyl (C=O) groups excluding carboxylic acids is 4. The molecule has 0 bridgehead atoms. The van der Waals surface area contributed by atoms with Crippen LogP contribution in [0.1, 0.15) is 23.6 Å². The molecule has 0 aliphatic rings. The molecular formula is C33H37N5O7. The quantitative estimate of drug-likeness (QED) is 0.145. The lowest BCUT2D eigenvalue weighted by Crippen LogP contribution is -2.62. The molecule has 0 aliphatic heterocycles. The summed E-state index contributed by atoms with van der Waals surface area (Å²) in [5, 5.41) is 8.85. The van der Waals surface area contributed by atoms with Gasteiger partial charge in [-0.2, -0.15) is 0 Å². The lowest BCUT2D eigenvalue weighted by molar-refractivity contribution is -0.134. The van der Waals surface area contributed by atoms with E-state index in [0.29, 0.717) is 17.1 Å². The molecule has 12 heteroatoms. The van der Waals surface area contributed by atoms with E-state index in [2.05, 4.69) is 20.9 Å². The Hall–Kier alpha value is -5.52. The van der Waals surface area contributed by atoms with Crippen molar-refractivity contribution in [3.05, 3.63) is 95.7 Å². The fraction of sp³-hybridized carbons (Fsp3) is 0.273. The van der Waals surface area contributed by atoms with Crippen molar-refractivity contribution >= 4 is 34.7 Å². The van der Waals surface area contributed by atoms with E-state index in [1.165, 1.54) is 14.2 Å². The van der Waals surface area contributed by atoms with Gasteiger partial charge in [-0.05, 0) is 30.2 Å². The summed E-state index contributed by atoms with van der Waals surface area (Å²) >= 11 is 0. The number of carbonyl (C=O) groups is 4. The van der Waals surface area contributed by atoms with Gasteiger partial charge in [0.2, 0.25) is 17.7 Å². The van der Waals surface area contributed by atoms with Crippen molar-refractivity contribution in [3.8, 4) is 11.5 Å². The van der Waals surface area contributed by atoms with Gasteiger partial charge in [-0.15, -0.1) is 0 Å². The van der Waals surface area contributed by atoms with E-state index in [1.807, 2.05) is 54.6 Å². The predicted octanol–water partition coefficient (Wildman–Crippen LogP) is 2.74. The Morgan fingerprint density at radius 3 is 2.36 bits per heavy atom. The second-order valence-corrected chi connectivity index (χ2v) is 10.6. The van der Waals surface area contributed by atoms with Crippen LogP contribution in [-0.4, -0.2) is 61.1 Å². The molecule has 45 heavy (non-hydrogen) atoms. The first kappa shape index (κ1) is 32.4. The van der Waals surface area contributed by atoms with E-state index in [-0.39, 0.29) is 19.4 Å². The van der Waals surface area contributed by atoms with Crippen molar-refractivity contribution in [3.63, 3.8) is 0 Å². The van der Waals surface area contributed by atoms with Crippen LogP contribution in [0.25, 0.3) is 10.9 Å². The molecule has 1 heterocycles. The van der Waals surface area contributed by atoms with Crippen molar-refractivity contribution in [2.75, 3.05) is 20.8 Å². The van der Waals surface area contributed by atoms with Gasteiger partial charge in [0.25, 0.3) is 0 Å². The smallest absolute Gasteiger partial charge is 0.408 e. The van der Waals surface area contributed by atoms with E-state index in [1.54, 1.807) is 31.3 Å². The average Bonchev–Trinajstić information content (AvgIpc) is 3.44. The third-order valence-corrected chi connectivity index (χ3v) is 7.27. The molecule has 1 aromatic heterocycles. The van der Waals surface area contributed by atoms with Crippen molar-refractivity contribution in [1.29, 1.82) is 0 Å². The van der Waals surface area contributed by atoms with Crippen LogP contribution >= 0.6 is 0 Å². The molecule has 236 valence electrons. The van der Waals surface area contributed by atoms with E-state index in [9.17, 15) is 19.2 Å². The predicted molar refractivity (Wildman–Crippen MR) is 168 cm³/mol. The van der Waals surface area contributed by atoms with Crippen LogP contribution in [0.4, 0.5) is 4.79 Å². The number of fused-ring (bicyclic) bond motifs is 1. The number of benzene rings is 3. The Labute approximate surface area is 260 Å². The first-order valence-electron chi connectivity index (χ1n) is 14.2. The maximum atomic E-state index is 13.9. The largest absolute Gasteiger partial charge is 0.493 e. The summed E-state index contributed by atoms with van der Waals surface area (Å²) in [6.45, 7) is 0.982. The molecule has 0 saturated carbocycles. The van der Waals surface area contributed by atoms with Crippen LogP contribution < -0.4 is 31.2 Å². The van der Waals surface area contributed by atoms with E-state index in [4.69, 9.17) is 19.9 Å². The number of alkyl carbamates (subject to hydrolysis) is 1. The summed E-state index contributed by atoms with van der Waals surface area (Å²) in [6, 6.07) is 20.7. The van der Waals surface area contributed by atoms with Crippen LogP contribution in [0, 0.1) is 0 Å². The molecular weight excluding hydrogens is 578 g/mol. The fourth-order valence-corrected chi connectivity index (χ4v) is 5.03. The molecule has 0 saturated heterocycles. The van der Waals surface area contributed by atoms with Gasteiger partial charge in [-0.1, -0.05) is 60.7 Å². The zero-order valence-corrected chi connectivity index (χ0v) is 25.3. The van der Waals surface area contributed by atoms with Crippen LogP contribution in [0.15, 0.2) is 79.0 Å². The minimum Gasteiger partial charge on any atom is -0.493 e.